The number of anilines is 2. The maximum Gasteiger partial charge on any atom is 0.274 e. The molecule has 2 aromatic carbocycles. The van der Waals surface area contributed by atoms with Crippen LogP contribution < -0.4 is 15.6 Å². The highest BCUT2D eigenvalue weighted by Gasteiger charge is 2.07. The van der Waals surface area contributed by atoms with E-state index in [1.54, 1.807) is 25.3 Å². The minimum Gasteiger partial charge on any atom is -0.497 e. The lowest BCUT2D eigenvalue weighted by atomic mass is 10.1. The molecule has 3 aromatic rings. The number of rotatable bonds is 5. The van der Waals surface area contributed by atoms with Gasteiger partial charge in [-0.15, -0.1) is 10.2 Å². The first-order valence-electron chi connectivity index (χ1n) is 7.36. The van der Waals surface area contributed by atoms with Crippen molar-refractivity contribution in [1.29, 1.82) is 0 Å². The van der Waals surface area contributed by atoms with Crippen LogP contribution in [0.4, 0.5) is 11.6 Å². The number of aromatic amines is 1. The van der Waals surface area contributed by atoms with Crippen molar-refractivity contribution in [3.05, 3.63) is 74.1 Å². The molecule has 3 rings (SSSR count). The second-order valence-electron chi connectivity index (χ2n) is 5.23. The second kappa shape index (κ2) is 7.55. The van der Waals surface area contributed by atoms with Crippen LogP contribution in [0, 0.1) is 0 Å². The summed E-state index contributed by atoms with van der Waals surface area (Å²) in [5, 5.41) is 11.8. The number of nitrogens with zero attached hydrogens (tertiary/aromatic N) is 2. The Bertz CT molecular complexity index is 942. The predicted molar refractivity (Wildman–Crippen MR) is 98.2 cm³/mol. The molecule has 0 saturated carbocycles. The number of hydrogen-bond acceptors (Lipinski definition) is 5. The van der Waals surface area contributed by atoms with Gasteiger partial charge in [-0.1, -0.05) is 35.3 Å². The summed E-state index contributed by atoms with van der Waals surface area (Å²) < 4.78 is 5.11. The van der Waals surface area contributed by atoms with Crippen molar-refractivity contribution in [1.82, 2.24) is 15.2 Å². The molecular formula is C17H14Cl2N4O2. The summed E-state index contributed by atoms with van der Waals surface area (Å²) in [5.41, 5.74) is 1.59. The fraction of sp³-hybridized carbons (Fsp3) is 0.118. The van der Waals surface area contributed by atoms with Gasteiger partial charge in [-0.2, -0.15) is 0 Å². The van der Waals surface area contributed by atoms with Crippen LogP contribution in [0.15, 0.2) is 47.3 Å². The molecule has 0 amide bonds. The van der Waals surface area contributed by atoms with Gasteiger partial charge in [0, 0.05) is 12.1 Å². The van der Waals surface area contributed by atoms with Crippen molar-refractivity contribution in [3.63, 3.8) is 0 Å². The fourth-order valence-electron chi connectivity index (χ4n) is 2.18. The molecule has 0 aliphatic rings. The zero-order chi connectivity index (χ0) is 17.8. The van der Waals surface area contributed by atoms with E-state index < -0.39 is 0 Å². The van der Waals surface area contributed by atoms with E-state index in [0.29, 0.717) is 27.8 Å². The number of benzene rings is 2. The molecule has 6 nitrogen and oxygen atoms in total. The zero-order valence-electron chi connectivity index (χ0n) is 13.2. The van der Waals surface area contributed by atoms with Gasteiger partial charge in [-0.05, 0) is 35.9 Å². The number of aromatic nitrogens is 3. The quantitative estimate of drug-likeness (QED) is 0.707. The Labute approximate surface area is 153 Å². The molecule has 0 atom stereocenters. The predicted octanol–water partition coefficient (Wildman–Crippen LogP) is 3.81. The smallest absolute Gasteiger partial charge is 0.274 e. The van der Waals surface area contributed by atoms with E-state index in [0.717, 1.165) is 11.3 Å². The van der Waals surface area contributed by atoms with Crippen LogP contribution in [0.1, 0.15) is 11.3 Å². The molecule has 1 aromatic heterocycles. The van der Waals surface area contributed by atoms with Crippen LogP contribution in [-0.2, 0) is 6.42 Å². The minimum atomic E-state index is -0.312. The summed E-state index contributed by atoms with van der Waals surface area (Å²) in [7, 11) is 1.60. The number of H-pyrrole nitrogens is 1. The van der Waals surface area contributed by atoms with Crippen molar-refractivity contribution in [2.45, 2.75) is 6.42 Å². The monoisotopic (exact) mass is 376 g/mol. The number of methoxy groups -OCH3 is 1. The second-order valence-corrected chi connectivity index (χ2v) is 6.04. The van der Waals surface area contributed by atoms with Crippen LogP contribution in [0.25, 0.3) is 0 Å². The fourth-order valence-corrected chi connectivity index (χ4v) is 2.48. The van der Waals surface area contributed by atoms with E-state index >= 15 is 0 Å². The van der Waals surface area contributed by atoms with Crippen LogP contribution >= 0.6 is 23.2 Å². The maximum atomic E-state index is 12.2. The Morgan fingerprint density at radius 1 is 1.08 bits per heavy atom. The molecule has 25 heavy (non-hydrogen) atoms. The Balaban J connectivity index is 1.75. The third-order valence-corrected chi connectivity index (χ3v) is 4.22. The van der Waals surface area contributed by atoms with Crippen molar-refractivity contribution < 1.29 is 4.74 Å². The largest absolute Gasteiger partial charge is 0.497 e. The highest BCUT2D eigenvalue weighted by Crippen LogP contribution is 2.25. The van der Waals surface area contributed by atoms with Gasteiger partial charge >= 0.3 is 0 Å². The molecule has 0 aliphatic carbocycles. The Morgan fingerprint density at radius 3 is 2.48 bits per heavy atom. The number of nitrogens with one attached hydrogen (secondary N) is 2. The van der Waals surface area contributed by atoms with Crippen molar-refractivity contribution in [2.24, 2.45) is 0 Å². The summed E-state index contributed by atoms with van der Waals surface area (Å²) in [6.45, 7) is 0. The van der Waals surface area contributed by atoms with Gasteiger partial charge in [0.25, 0.3) is 5.56 Å². The Hall–Kier alpha value is -2.57. The number of ether oxygens (including phenoxy) is 1. The highest BCUT2D eigenvalue weighted by molar-refractivity contribution is 6.42. The van der Waals surface area contributed by atoms with Crippen LogP contribution in [-0.4, -0.2) is 22.3 Å². The van der Waals surface area contributed by atoms with E-state index in [4.69, 9.17) is 27.9 Å². The lowest BCUT2D eigenvalue weighted by molar-refractivity contribution is 0.414. The molecule has 0 aliphatic heterocycles. The van der Waals surface area contributed by atoms with E-state index in [1.807, 2.05) is 24.3 Å². The minimum absolute atomic E-state index is 0.224. The van der Waals surface area contributed by atoms with Gasteiger partial charge in [-0.3, -0.25) is 9.78 Å². The topological polar surface area (TPSA) is 79.9 Å². The van der Waals surface area contributed by atoms with Gasteiger partial charge in [0.2, 0.25) is 5.95 Å². The Kier molecular flexibility index (Phi) is 5.21. The van der Waals surface area contributed by atoms with Crippen LogP contribution in [0.5, 0.6) is 5.75 Å². The Morgan fingerprint density at radius 2 is 1.84 bits per heavy atom. The van der Waals surface area contributed by atoms with Crippen molar-refractivity contribution in [3.8, 4) is 5.75 Å². The van der Waals surface area contributed by atoms with Gasteiger partial charge in [-0.25, -0.2) is 0 Å². The van der Waals surface area contributed by atoms with Gasteiger partial charge in [0.1, 0.15) is 11.4 Å². The van der Waals surface area contributed by atoms with Gasteiger partial charge in [0.05, 0.1) is 17.2 Å². The first-order valence-corrected chi connectivity index (χ1v) is 8.11. The molecule has 0 unspecified atom stereocenters. The summed E-state index contributed by atoms with van der Waals surface area (Å²) >= 11 is 11.8. The average Bonchev–Trinajstić information content (AvgIpc) is 2.61. The standard InChI is InChI=1S/C17H14Cl2N4O2/c1-25-12-5-2-10(3-6-12)8-15-16(24)21-17(23-22-15)20-11-4-7-13(18)14(19)9-11/h2-7,9H,8H2,1H3,(H2,20,21,23,24). The summed E-state index contributed by atoms with van der Waals surface area (Å²) in [6, 6.07) is 12.4. The lowest BCUT2D eigenvalue weighted by Crippen LogP contribution is -2.18. The molecule has 0 bridgehead atoms. The molecule has 2 N–H and O–H groups in total. The maximum absolute atomic E-state index is 12.2. The third kappa shape index (κ3) is 4.29. The van der Waals surface area contributed by atoms with Crippen LogP contribution in [0.2, 0.25) is 10.0 Å². The number of halogens is 2. The molecule has 0 saturated heterocycles. The van der Waals surface area contributed by atoms with Gasteiger partial charge in [0.15, 0.2) is 0 Å². The van der Waals surface area contributed by atoms with E-state index in [1.165, 1.54) is 0 Å². The molecular weight excluding hydrogens is 363 g/mol. The summed E-state index contributed by atoms with van der Waals surface area (Å²) in [4.78, 5) is 14.9. The van der Waals surface area contributed by atoms with E-state index in [9.17, 15) is 4.79 Å². The summed E-state index contributed by atoms with van der Waals surface area (Å²) in [6.07, 6.45) is 0.374. The molecule has 0 fully saturated rings. The van der Waals surface area contributed by atoms with E-state index in [-0.39, 0.29) is 11.5 Å². The van der Waals surface area contributed by atoms with E-state index in [2.05, 4.69) is 20.5 Å². The molecule has 0 radical (unpaired) electrons. The molecule has 0 spiro atoms. The van der Waals surface area contributed by atoms with Crippen molar-refractivity contribution in [2.75, 3.05) is 12.4 Å². The van der Waals surface area contributed by atoms with Crippen LogP contribution in [0.3, 0.4) is 0 Å². The van der Waals surface area contributed by atoms with Gasteiger partial charge < -0.3 is 10.1 Å². The number of hydrogen-bond donors (Lipinski definition) is 2. The lowest BCUT2D eigenvalue weighted by Gasteiger charge is -2.07. The average molecular weight is 377 g/mol. The third-order valence-electron chi connectivity index (χ3n) is 3.48. The molecule has 128 valence electrons. The normalized spacial score (nSPS) is 10.5. The van der Waals surface area contributed by atoms with Crippen molar-refractivity contribution >= 4 is 34.8 Å². The first-order chi connectivity index (χ1) is 12.0. The summed E-state index contributed by atoms with van der Waals surface area (Å²) in [5.74, 6) is 0.979. The highest BCUT2D eigenvalue weighted by atomic mass is 35.5. The molecule has 8 heteroatoms. The zero-order valence-corrected chi connectivity index (χ0v) is 14.7. The first kappa shape index (κ1) is 17.3. The SMILES string of the molecule is COc1ccc(Cc2nnc(Nc3ccc(Cl)c(Cl)c3)[nH]c2=O)cc1. The molecule has 1 heterocycles.